The molecule has 2 aromatic rings. The molecule has 0 radical (unpaired) electrons. The van der Waals surface area contributed by atoms with E-state index < -0.39 is 0 Å². The third-order valence-electron chi connectivity index (χ3n) is 2.99. The van der Waals surface area contributed by atoms with Crippen LogP contribution in [0.2, 0.25) is 0 Å². The smallest absolute Gasteiger partial charge is 0.181 e. The van der Waals surface area contributed by atoms with E-state index in [1.165, 1.54) is 6.39 Å². The van der Waals surface area contributed by atoms with E-state index in [-0.39, 0.29) is 0 Å². The molecule has 1 aromatic heterocycles. The number of ether oxygens (including phenoxy) is 1. The van der Waals surface area contributed by atoms with Gasteiger partial charge in [0.15, 0.2) is 12.2 Å². The summed E-state index contributed by atoms with van der Waals surface area (Å²) in [5.74, 6) is 1.66. The molecule has 1 N–H and O–H groups in total. The van der Waals surface area contributed by atoms with E-state index in [4.69, 9.17) is 9.15 Å². The van der Waals surface area contributed by atoms with Crippen molar-refractivity contribution >= 4 is 0 Å². The molecule has 2 rings (SSSR count). The second-order valence-electron chi connectivity index (χ2n) is 4.85. The van der Waals surface area contributed by atoms with Gasteiger partial charge in [-0.15, -0.1) is 0 Å². The molecule has 0 aliphatic heterocycles. The summed E-state index contributed by atoms with van der Waals surface area (Å²) in [6.45, 7) is 6.92. The highest BCUT2D eigenvalue weighted by atomic mass is 16.5. The molecule has 0 bridgehead atoms. The Labute approximate surface area is 113 Å². The zero-order valence-electron chi connectivity index (χ0n) is 11.9. The number of aromatic nitrogens is 1. The van der Waals surface area contributed by atoms with Crippen molar-refractivity contribution in [1.29, 1.82) is 0 Å². The zero-order valence-corrected chi connectivity index (χ0v) is 11.9. The van der Waals surface area contributed by atoms with Crippen LogP contribution >= 0.6 is 0 Å². The highest BCUT2D eigenvalue weighted by Gasteiger charge is 2.12. The fourth-order valence-corrected chi connectivity index (χ4v) is 1.89. The summed E-state index contributed by atoms with van der Waals surface area (Å²) >= 11 is 0. The van der Waals surface area contributed by atoms with E-state index in [0.29, 0.717) is 12.6 Å². The summed E-state index contributed by atoms with van der Waals surface area (Å²) in [5.41, 5.74) is 3.01. The number of aryl methyl sites for hydroxylation is 1. The molecule has 4 nitrogen and oxygen atoms in total. The van der Waals surface area contributed by atoms with Crippen LogP contribution in [0.25, 0.3) is 11.3 Å². The molecule has 0 aliphatic carbocycles. The Kier molecular flexibility index (Phi) is 4.22. The maximum atomic E-state index is 5.52. The number of benzene rings is 1. The summed E-state index contributed by atoms with van der Waals surface area (Å²) < 4.78 is 10.9. The van der Waals surface area contributed by atoms with Crippen LogP contribution < -0.4 is 10.1 Å². The topological polar surface area (TPSA) is 47.3 Å². The van der Waals surface area contributed by atoms with Crippen LogP contribution in [0.4, 0.5) is 0 Å². The average Bonchev–Trinajstić information content (AvgIpc) is 2.85. The van der Waals surface area contributed by atoms with E-state index in [0.717, 1.165) is 28.3 Å². The monoisotopic (exact) mass is 260 g/mol. The number of hydrogen-bond acceptors (Lipinski definition) is 4. The molecular weight excluding hydrogens is 240 g/mol. The van der Waals surface area contributed by atoms with Crippen molar-refractivity contribution in [3.8, 4) is 17.1 Å². The Balaban J connectivity index is 2.29. The fourth-order valence-electron chi connectivity index (χ4n) is 1.89. The Morgan fingerprint density at radius 2 is 2.16 bits per heavy atom. The first-order chi connectivity index (χ1) is 9.11. The summed E-state index contributed by atoms with van der Waals surface area (Å²) in [4.78, 5) is 4.27. The fraction of sp³-hybridized carbons (Fsp3) is 0.400. The molecule has 19 heavy (non-hydrogen) atoms. The Morgan fingerprint density at radius 3 is 2.84 bits per heavy atom. The van der Waals surface area contributed by atoms with E-state index in [9.17, 15) is 0 Å². The van der Waals surface area contributed by atoms with E-state index in [1.807, 2.05) is 25.1 Å². The number of nitrogens with zero attached hydrogens (tertiary/aromatic N) is 1. The Hall–Kier alpha value is -1.81. The lowest BCUT2D eigenvalue weighted by atomic mass is 10.1. The number of methoxy groups -OCH3 is 1. The molecule has 102 valence electrons. The highest BCUT2D eigenvalue weighted by molar-refractivity contribution is 5.63. The number of oxazole rings is 1. The van der Waals surface area contributed by atoms with Gasteiger partial charge in [0.2, 0.25) is 0 Å². The van der Waals surface area contributed by atoms with Crippen molar-refractivity contribution in [3.05, 3.63) is 35.9 Å². The lowest BCUT2D eigenvalue weighted by molar-refractivity contribution is 0.411. The lowest BCUT2D eigenvalue weighted by Gasteiger charge is -2.09. The Bertz CT molecular complexity index is 547. The quantitative estimate of drug-likeness (QED) is 0.897. The van der Waals surface area contributed by atoms with Gasteiger partial charge in [-0.1, -0.05) is 26.0 Å². The summed E-state index contributed by atoms with van der Waals surface area (Å²) in [7, 11) is 1.67. The second-order valence-corrected chi connectivity index (χ2v) is 4.85. The van der Waals surface area contributed by atoms with Gasteiger partial charge in [0, 0.05) is 18.2 Å². The molecule has 0 spiro atoms. The number of nitrogens with one attached hydrogen (secondary N) is 1. The van der Waals surface area contributed by atoms with Crippen LogP contribution in [-0.4, -0.2) is 18.1 Å². The minimum absolute atomic E-state index is 0.414. The van der Waals surface area contributed by atoms with Gasteiger partial charge in [-0.3, -0.25) is 0 Å². The molecule has 0 atom stereocenters. The van der Waals surface area contributed by atoms with Gasteiger partial charge in [-0.05, 0) is 18.6 Å². The molecule has 0 unspecified atom stereocenters. The molecule has 1 aromatic carbocycles. The first-order valence-electron chi connectivity index (χ1n) is 6.42. The van der Waals surface area contributed by atoms with Crippen molar-refractivity contribution in [2.75, 3.05) is 7.11 Å². The van der Waals surface area contributed by atoms with Gasteiger partial charge < -0.3 is 14.5 Å². The van der Waals surface area contributed by atoms with Crippen LogP contribution in [0.5, 0.6) is 5.75 Å². The lowest BCUT2D eigenvalue weighted by Crippen LogP contribution is -2.22. The molecule has 0 aliphatic rings. The summed E-state index contributed by atoms with van der Waals surface area (Å²) in [5, 5.41) is 3.34. The predicted molar refractivity (Wildman–Crippen MR) is 75.2 cm³/mol. The van der Waals surface area contributed by atoms with Crippen molar-refractivity contribution < 1.29 is 9.15 Å². The van der Waals surface area contributed by atoms with Crippen molar-refractivity contribution in [2.45, 2.75) is 33.4 Å². The molecule has 0 saturated carbocycles. The molecule has 0 fully saturated rings. The molecular formula is C15H20N2O2. The molecule has 4 heteroatoms. The van der Waals surface area contributed by atoms with E-state index in [1.54, 1.807) is 7.11 Å². The molecule has 0 amide bonds. The highest BCUT2D eigenvalue weighted by Crippen LogP contribution is 2.28. The van der Waals surface area contributed by atoms with Crippen LogP contribution in [0.3, 0.4) is 0 Å². The van der Waals surface area contributed by atoms with Gasteiger partial charge in [-0.25, -0.2) is 4.98 Å². The number of rotatable bonds is 5. The average molecular weight is 260 g/mol. The zero-order chi connectivity index (χ0) is 13.8. The second kappa shape index (κ2) is 5.89. The largest absolute Gasteiger partial charge is 0.496 e. The molecule has 0 saturated heterocycles. The summed E-state index contributed by atoms with van der Waals surface area (Å²) in [6.07, 6.45) is 1.49. The van der Waals surface area contributed by atoms with Crippen LogP contribution in [0.1, 0.15) is 25.1 Å². The first-order valence-corrected chi connectivity index (χ1v) is 6.42. The van der Waals surface area contributed by atoms with Gasteiger partial charge >= 0.3 is 0 Å². The minimum atomic E-state index is 0.414. The number of hydrogen-bond donors (Lipinski definition) is 1. The first kappa shape index (κ1) is 13.6. The van der Waals surface area contributed by atoms with Crippen molar-refractivity contribution in [1.82, 2.24) is 10.3 Å². The van der Waals surface area contributed by atoms with Crippen LogP contribution in [0.15, 0.2) is 29.0 Å². The van der Waals surface area contributed by atoms with Gasteiger partial charge in [-0.2, -0.15) is 0 Å². The van der Waals surface area contributed by atoms with Crippen LogP contribution in [0, 0.1) is 6.92 Å². The maximum Gasteiger partial charge on any atom is 0.181 e. The minimum Gasteiger partial charge on any atom is -0.496 e. The normalized spacial score (nSPS) is 11.0. The van der Waals surface area contributed by atoms with Gasteiger partial charge in [0.25, 0.3) is 0 Å². The van der Waals surface area contributed by atoms with Gasteiger partial charge in [0.05, 0.1) is 7.11 Å². The van der Waals surface area contributed by atoms with Crippen molar-refractivity contribution in [2.24, 2.45) is 0 Å². The standard InChI is InChI=1S/C15H20N2O2/c1-10(2)16-8-13-15(19-9-17-13)12-6-5-11(3)14(7-12)18-4/h5-7,9-10,16H,8H2,1-4H3. The van der Waals surface area contributed by atoms with Gasteiger partial charge in [0.1, 0.15) is 11.4 Å². The van der Waals surface area contributed by atoms with E-state index >= 15 is 0 Å². The maximum absolute atomic E-state index is 5.52. The molecule has 1 heterocycles. The SMILES string of the molecule is COc1cc(-c2ocnc2CNC(C)C)ccc1C. The third kappa shape index (κ3) is 3.15. The van der Waals surface area contributed by atoms with E-state index in [2.05, 4.69) is 24.1 Å². The summed E-state index contributed by atoms with van der Waals surface area (Å²) in [6, 6.07) is 6.44. The van der Waals surface area contributed by atoms with Crippen LogP contribution in [-0.2, 0) is 6.54 Å². The van der Waals surface area contributed by atoms with Crippen molar-refractivity contribution in [3.63, 3.8) is 0 Å². The predicted octanol–water partition coefficient (Wildman–Crippen LogP) is 3.16. The third-order valence-corrected chi connectivity index (χ3v) is 2.99. The Morgan fingerprint density at radius 1 is 1.37 bits per heavy atom.